The highest BCUT2D eigenvalue weighted by Crippen LogP contribution is 2.33. The molecule has 1 saturated heterocycles. The third-order valence-electron chi connectivity index (χ3n) is 3.04. The Kier molecular flexibility index (Phi) is 1.89. The second-order valence-corrected chi connectivity index (χ2v) is 6.22. The van der Waals surface area contributed by atoms with Crippen LogP contribution in [0.15, 0.2) is 4.79 Å². The van der Waals surface area contributed by atoms with E-state index in [1.807, 2.05) is 0 Å². The van der Waals surface area contributed by atoms with Gasteiger partial charge in [-0.05, 0) is 52.4 Å². The van der Waals surface area contributed by atoms with Gasteiger partial charge in [0.05, 0.1) is 1.37 Å². The van der Waals surface area contributed by atoms with Gasteiger partial charge in [0.25, 0.3) is 12.9 Å². The quantitative estimate of drug-likeness (QED) is 0.697. The summed E-state index contributed by atoms with van der Waals surface area (Å²) in [6, 6.07) is -3.95. The fourth-order valence-corrected chi connectivity index (χ4v) is 3.09. The number of likely N-dealkylation sites (tertiary alicyclic amines) is 1. The van der Waals surface area contributed by atoms with Gasteiger partial charge in [-0.25, -0.2) is 4.98 Å². The molecule has 0 radical (unpaired) electrons. The maximum absolute atomic E-state index is 13.9. The Morgan fingerprint density at radius 2 is 2.37 bits per heavy atom. The minimum atomic E-state index is -4.11. The highest BCUT2D eigenvalue weighted by atomic mass is 35.5. The molecule has 0 atom stereocenters. The Hall–Kier alpha value is -1.64. The normalized spacial score (nSPS) is 39.7. The van der Waals surface area contributed by atoms with Crippen LogP contribution in [0.2, 0.25) is 5.88 Å². The average molecular weight is 436 g/mol. The van der Waals surface area contributed by atoms with Gasteiger partial charge in [-0.1, -0.05) is 29.3 Å². The second-order valence-electron chi connectivity index (χ2n) is 4.66. The lowest BCUT2D eigenvalue weighted by Crippen LogP contribution is -2.36. The largest absolute Gasteiger partial charge is 0.505 e. The molecule has 0 saturated carbocycles. The second kappa shape index (κ2) is 8.58. The first-order chi connectivity index (χ1) is 21.9. The first-order valence-corrected chi connectivity index (χ1v) is 8.10. The number of nitrogens with one attached hydrogen (secondary N) is 1. The minimum Gasteiger partial charge on any atom is -0.505 e. The number of amides is 1. The molecule has 1 aliphatic heterocycles. The molecule has 2 N–H and O–H groups in total. The van der Waals surface area contributed by atoms with Gasteiger partial charge in [0.15, 0.2) is 11.6 Å². The van der Waals surface area contributed by atoms with Gasteiger partial charge in [0.1, 0.15) is 15.9 Å². The fourth-order valence-electron chi connectivity index (χ4n) is 1.98. The van der Waals surface area contributed by atoms with E-state index in [2.05, 4.69) is 10.1 Å². The van der Waals surface area contributed by atoms with E-state index < -0.39 is 119 Å². The molecule has 9 heteroatoms. The molecule has 3 rings (SSSR count). The van der Waals surface area contributed by atoms with Crippen molar-refractivity contribution in [3.05, 3.63) is 20.4 Å². The lowest BCUT2D eigenvalue weighted by atomic mass is 10.1. The van der Waals surface area contributed by atoms with Crippen molar-refractivity contribution < 1.29 is 40.1 Å². The summed E-state index contributed by atoms with van der Waals surface area (Å²) in [6.45, 7) is -23.9. The van der Waals surface area contributed by atoms with Crippen LogP contribution < -0.4 is 10.9 Å². The molecule has 0 aromatic carbocycles. The number of carbonyl (C=O) groups is 1. The molecule has 1 amide bonds. The summed E-state index contributed by atoms with van der Waals surface area (Å²) in [5.41, 5.74) is -4.62. The van der Waals surface area contributed by atoms with Gasteiger partial charge in [-0.2, -0.15) is 0 Å². The summed E-state index contributed by atoms with van der Waals surface area (Å²) in [5, 5.41) is 3.47. The van der Waals surface area contributed by atoms with Crippen LogP contribution in [0, 0.1) is 0 Å². The van der Waals surface area contributed by atoms with Crippen LogP contribution in [0.5, 0.6) is 5.75 Å². The Balaban J connectivity index is 2.29. The number of thiazole rings is 1. The summed E-state index contributed by atoms with van der Waals surface area (Å²) in [6.07, 6.45) is -14.1. The Morgan fingerprint density at radius 3 is 3.07 bits per heavy atom. The molecule has 3 heterocycles. The van der Waals surface area contributed by atoms with Gasteiger partial charge in [-0.3, -0.25) is 14.2 Å². The van der Waals surface area contributed by atoms with Crippen molar-refractivity contribution >= 4 is 39.2 Å². The number of aromatic nitrogens is 2. The molecule has 148 valence electrons. The maximum atomic E-state index is 13.9. The van der Waals surface area contributed by atoms with E-state index in [9.17, 15) is 9.59 Å². The van der Waals surface area contributed by atoms with Crippen molar-refractivity contribution in [2.75, 3.05) is 26.0 Å². The smallest absolute Gasteiger partial charge is 0.293 e. The number of halogens is 1. The Morgan fingerprint density at radius 1 is 1.59 bits per heavy atom. The van der Waals surface area contributed by atoms with E-state index >= 15 is 0 Å². The molecule has 1 fully saturated rings. The van der Waals surface area contributed by atoms with Crippen LogP contribution in [0.3, 0.4) is 0 Å². The van der Waals surface area contributed by atoms with E-state index in [-0.39, 0.29) is 15.9 Å². The fraction of sp³-hybridized carbons (Fsp3) is 0.611. The summed E-state index contributed by atoms with van der Waals surface area (Å²) in [5.74, 6) is -3.49. The lowest BCUT2D eigenvalue weighted by molar-refractivity contribution is 0.0946. The van der Waals surface area contributed by atoms with Crippen LogP contribution in [0.4, 0.5) is 0 Å². The molecular weight excluding hydrogens is 388 g/mol. The molecular formula is C18H25ClN4O3S. The lowest BCUT2D eigenvalue weighted by Gasteiger charge is -2.26. The van der Waals surface area contributed by atoms with E-state index in [1.165, 1.54) is 0 Å². The van der Waals surface area contributed by atoms with Gasteiger partial charge in [-0.15, -0.1) is 0 Å². The Labute approximate surface area is 199 Å². The van der Waals surface area contributed by atoms with Gasteiger partial charge in [0.2, 0.25) is 0 Å². The third-order valence-corrected chi connectivity index (χ3v) is 4.19. The molecule has 27 heavy (non-hydrogen) atoms. The van der Waals surface area contributed by atoms with E-state index in [0.29, 0.717) is 0 Å². The molecule has 0 spiro atoms. The molecule has 0 unspecified atom stereocenters. The number of hydrogen-bond donors (Lipinski definition) is 2. The SMILES string of the molecule is [2H]Oc1c(C(=O)N([2H])C([2H])([2H])CC([2H])([2H])N2C([2H])([2H])C([2H])([2H])C([2H])([2H])C([2H])([2H])C2([2H])[2H])c(=O)n(C([2H])(C([2H])([2H])[2H])C([2H])([2H])[2H])c2sc(Cl)nc12. The highest BCUT2D eigenvalue weighted by molar-refractivity contribution is 7.21. The number of nitrogens with zero attached hydrogens (tertiary/aromatic N) is 3. The van der Waals surface area contributed by atoms with Crippen LogP contribution in [0.25, 0.3) is 10.3 Å². The molecule has 2 aromatic rings. The number of carbonyl (C=O) groups excluding carboxylic acids is 1. The van der Waals surface area contributed by atoms with E-state index in [1.54, 1.807) is 0 Å². The Bertz CT molecular complexity index is 1710. The molecule has 0 aliphatic carbocycles. The van der Waals surface area contributed by atoms with Crippen molar-refractivity contribution in [1.29, 1.82) is 1.43 Å². The van der Waals surface area contributed by atoms with Gasteiger partial charge in [0, 0.05) is 39.9 Å². The number of pyridine rings is 1. The van der Waals surface area contributed by atoms with Crippen LogP contribution in [-0.4, -0.2) is 52.9 Å². The molecule has 7 nitrogen and oxygen atoms in total. The van der Waals surface area contributed by atoms with Gasteiger partial charge >= 0.3 is 0 Å². The molecule has 0 bridgehead atoms. The zero-order chi connectivity index (χ0) is 39.6. The van der Waals surface area contributed by atoms with Crippen molar-refractivity contribution in [3.8, 4) is 5.75 Å². The standard InChI is InChI=1S/C18H25ClN4O3S/c1-11(2)23-16(26)12(14(24)13-17(23)27-18(19)21-13)15(25)20-7-6-10-22-8-4-3-5-9-22/h11,24H,3-10H2,1-2H3,(H,20,25)/i1D3,2D3,3D2,4D2,5D2,7D2,8D2,9D2,10D2,11D/hD2. The van der Waals surface area contributed by atoms with Crippen LogP contribution in [-0.2, 0) is 0 Å². The van der Waals surface area contributed by atoms with Gasteiger partial charge < -0.3 is 15.3 Å². The predicted octanol–water partition coefficient (Wildman–Crippen LogP) is 3.00. The van der Waals surface area contributed by atoms with Crippen molar-refractivity contribution in [2.45, 2.75) is 45.3 Å². The highest BCUT2D eigenvalue weighted by Gasteiger charge is 2.25. The summed E-state index contributed by atoms with van der Waals surface area (Å²) in [4.78, 5) is 29.6. The minimum absolute atomic E-state index is 0.213. The van der Waals surface area contributed by atoms with Crippen molar-refractivity contribution in [2.24, 2.45) is 0 Å². The third kappa shape index (κ3) is 4.28. The van der Waals surface area contributed by atoms with Crippen molar-refractivity contribution in [3.63, 3.8) is 0 Å². The number of rotatable bonds is 7. The predicted molar refractivity (Wildman–Crippen MR) is 108 cm³/mol. The summed E-state index contributed by atoms with van der Waals surface area (Å²) >= 11 is 6.10. The zero-order valence-electron chi connectivity index (χ0n) is 36.0. The maximum Gasteiger partial charge on any atom is 0.293 e. The monoisotopic (exact) mass is 435 g/mol. The first-order valence-electron chi connectivity index (χ1n) is 18.3. The average Bonchev–Trinajstić information content (AvgIpc) is 3.28. The van der Waals surface area contributed by atoms with Crippen molar-refractivity contribution in [1.82, 2.24) is 19.8 Å². The number of aromatic hydroxyl groups is 1. The van der Waals surface area contributed by atoms with E-state index in [0.717, 1.165) is 0 Å². The number of fused-ring (bicyclic) bond motifs is 1. The first kappa shape index (κ1) is 5.93. The molecule has 1 aliphatic rings. The van der Waals surface area contributed by atoms with Crippen LogP contribution in [0.1, 0.15) is 84.4 Å². The topological polar surface area (TPSA) is 87.5 Å². The van der Waals surface area contributed by atoms with Crippen LogP contribution >= 0.6 is 22.9 Å². The summed E-state index contributed by atoms with van der Waals surface area (Å²) in [7, 11) is 0. The number of hydrogen-bond acceptors (Lipinski definition) is 6. The summed E-state index contributed by atoms with van der Waals surface area (Å²) < 4.78 is 184. The van der Waals surface area contributed by atoms with E-state index in [4.69, 9.17) is 43.2 Å². The zero-order valence-corrected chi connectivity index (χ0v) is 14.6. The number of piperidine rings is 1. The molecule has 2 aromatic heterocycles.